The highest BCUT2D eigenvalue weighted by molar-refractivity contribution is 7.13. The minimum atomic E-state index is -0.873. The summed E-state index contributed by atoms with van der Waals surface area (Å²) in [6.45, 7) is 3.87. The number of aliphatic carboxylic acids is 1. The Hall–Kier alpha value is -1.95. The molecule has 0 aromatic carbocycles. The molecule has 0 amide bonds. The second-order valence-electron chi connectivity index (χ2n) is 4.61. The fourth-order valence-corrected chi connectivity index (χ4v) is 2.50. The van der Waals surface area contributed by atoms with E-state index in [4.69, 9.17) is 0 Å². The van der Waals surface area contributed by atoms with Gasteiger partial charge in [-0.25, -0.2) is 9.78 Å². The summed E-state index contributed by atoms with van der Waals surface area (Å²) >= 11 is 1.57. The predicted molar refractivity (Wildman–Crippen MR) is 79.8 cm³/mol. The third-order valence-corrected chi connectivity index (χ3v) is 4.08. The third-order valence-electron chi connectivity index (χ3n) is 3.19. The van der Waals surface area contributed by atoms with Gasteiger partial charge in [0.15, 0.2) is 0 Å². The fourth-order valence-electron chi connectivity index (χ4n) is 1.82. The SMILES string of the molecule is CC[C@H](C)[C@H](Nc1cncc(-c2cccs2)n1)C(=O)O. The monoisotopic (exact) mass is 291 g/mol. The number of nitrogens with one attached hydrogen (secondary N) is 1. The molecule has 2 aromatic heterocycles. The number of aromatic nitrogens is 2. The van der Waals surface area contributed by atoms with Crippen molar-refractivity contribution in [2.45, 2.75) is 26.3 Å². The number of carboxylic acid groups (broad SMARTS) is 1. The van der Waals surface area contributed by atoms with E-state index in [0.717, 1.165) is 17.0 Å². The molecule has 0 bridgehead atoms. The highest BCUT2D eigenvalue weighted by Gasteiger charge is 2.23. The van der Waals surface area contributed by atoms with Gasteiger partial charge in [-0.2, -0.15) is 0 Å². The Kier molecular flexibility index (Phi) is 4.68. The lowest BCUT2D eigenvalue weighted by Crippen LogP contribution is -2.35. The zero-order valence-corrected chi connectivity index (χ0v) is 12.2. The first kappa shape index (κ1) is 14.5. The molecule has 6 heteroatoms. The second kappa shape index (κ2) is 6.47. The van der Waals surface area contributed by atoms with Crippen LogP contribution in [-0.2, 0) is 4.79 Å². The number of carbonyl (C=O) groups is 1. The average Bonchev–Trinajstić information content (AvgIpc) is 2.98. The van der Waals surface area contributed by atoms with Gasteiger partial charge in [-0.05, 0) is 17.4 Å². The van der Waals surface area contributed by atoms with Crippen molar-refractivity contribution in [3.05, 3.63) is 29.9 Å². The normalized spacial score (nSPS) is 13.7. The van der Waals surface area contributed by atoms with Crippen molar-refractivity contribution in [2.24, 2.45) is 5.92 Å². The van der Waals surface area contributed by atoms with Crippen LogP contribution < -0.4 is 5.32 Å². The van der Waals surface area contributed by atoms with Crippen LogP contribution >= 0.6 is 11.3 Å². The molecule has 0 saturated carbocycles. The number of hydrogen-bond acceptors (Lipinski definition) is 5. The molecule has 20 heavy (non-hydrogen) atoms. The number of carboxylic acids is 1. The fraction of sp³-hybridized carbons (Fsp3) is 0.357. The minimum Gasteiger partial charge on any atom is -0.480 e. The van der Waals surface area contributed by atoms with Crippen molar-refractivity contribution in [1.29, 1.82) is 0 Å². The summed E-state index contributed by atoms with van der Waals surface area (Å²) in [5, 5.41) is 14.2. The number of nitrogens with zero attached hydrogens (tertiary/aromatic N) is 2. The van der Waals surface area contributed by atoms with E-state index in [1.165, 1.54) is 0 Å². The van der Waals surface area contributed by atoms with Crippen molar-refractivity contribution in [1.82, 2.24) is 9.97 Å². The van der Waals surface area contributed by atoms with Gasteiger partial charge in [-0.3, -0.25) is 4.98 Å². The van der Waals surface area contributed by atoms with E-state index in [1.54, 1.807) is 23.7 Å². The molecule has 106 valence electrons. The molecular weight excluding hydrogens is 274 g/mol. The van der Waals surface area contributed by atoms with Crippen LogP contribution in [0.1, 0.15) is 20.3 Å². The molecule has 2 aromatic rings. The molecule has 0 unspecified atom stereocenters. The van der Waals surface area contributed by atoms with Crippen LogP contribution in [0.25, 0.3) is 10.6 Å². The van der Waals surface area contributed by atoms with Crippen LogP contribution in [0.15, 0.2) is 29.9 Å². The molecule has 0 spiro atoms. The van der Waals surface area contributed by atoms with Gasteiger partial charge in [0.1, 0.15) is 17.6 Å². The Bertz CT molecular complexity index is 572. The summed E-state index contributed by atoms with van der Waals surface area (Å²) < 4.78 is 0. The third kappa shape index (κ3) is 3.33. The van der Waals surface area contributed by atoms with Crippen LogP contribution in [0, 0.1) is 5.92 Å². The van der Waals surface area contributed by atoms with Gasteiger partial charge in [0, 0.05) is 0 Å². The average molecular weight is 291 g/mol. The number of anilines is 1. The standard InChI is InChI=1S/C14H17N3O2S/c1-3-9(2)13(14(18)19)17-12-8-15-7-10(16-12)11-5-4-6-20-11/h4-9,13H,3H2,1-2H3,(H,16,17)(H,18,19)/t9-,13-/m0/s1. The van der Waals surface area contributed by atoms with Gasteiger partial charge in [0.2, 0.25) is 0 Å². The quantitative estimate of drug-likeness (QED) is 0.855. The lowest BCUT2D eigenvalue weighted by Gasteiger charge is -2.20. The van der Waals surface area contributed by atoms with E-state index in [0.29, 0.717) is 5.82 Å². The molecule has 0 aliphatic carbocycles. The Morgan fingerprint density at radius 1 is 1.50 bits per heavy atom. The molecule has 0 saturated heterocycles. The van der Waals surface area contributed by atoms with E-state index in [-0.39, 0.29) is 5.92 Å². The zero-order chi connectivity index (χ0) is 14.5. The topological polar surface area (TPSA) is 75.1 Å². The maximum absolute atomic E-state index is 11.3. The lowest BCUT2D eigenvalue weighted by molar-refractivity contribution is -0.139. The molecular formula is C14H17N3O2S. The first-order chi connectivity index (χ1) is 9.61. The van der Waals surface area contributed by atoms with E-state index in [2.05, 4.69) is 15.3 Å². The zero-order valence-electron chi connectivity index (χ0n) is 11.4. The first-order valence-electron chi connectivity index (χ1n) is 6.47. The van der Waals surface area contributed by atoms with Crippen LogP contribution in [-0.4, -0.2) is 27.1 Å². The molecule has 0 fully saturated rings. The highest BCUT2D eigenvalue weighted by atomic mass is 32.1. The van der Waals surface area contributed by atoms with Gasteiger partial charge in [0.25, 0.3) is 0 Å². The minimum absolute atomic E-state index is 0.0136. The summed E-state index contributed by atoms with van der Waals surface area (Å²) in [4.78, 5) is 20.9. The van der Waals surface area contributed by atoms with Crippen molar-refractivity contribution in [3.8, 4) is 10.6 Å². The number of rotatable bonds is 6. The Morgan fingerprint density at radius 3 is 2.90 bits per heavy atom. The first-order valence-corrected chi connectivity index (χ1v) is 7.35. The summed E-state index contributed by atoms with van der Waals surface area (Å²) in [6.07, 6.45) is 4.01. The number of hydrogen-bond donors (Lipinski definition) is 2. The summed E-state index contributed by atoms with van der Waals surface area (Å²) in [7, 11) is 0. The highest BCUT2D eigenvalue weighted by Crippen LogP contribution is 2.23. The molecule has 2 N–H and O–H groups in total. The van der Waals surface area contributed by atoms with Gasteiger partial charge in [0.05, 0.1) is 17.3 Å². The van der Waals surface area contributed by atoms with Crippen molar-refractivity contribution in [2.75, 3.05) is 5.32 Å². The van der Waals surface area contributed by atoms with Gasteiger partial charge >= 0.3 is 5.97 Å². The largest absolute Gasteiger partial charge is 0.480 e. The summed E-state index contributed by atoms with van der Waals surface area (Å²) in [5.41, 5.74) is 0.748. The van der Waals surface area contributed by atoms with E-state index >= 15 is 0 Å². The molecule has 0 aliphatic heterocycles. The van der Waals surface area contributed by atoms with Gasteiger partial charge in [-0.1, -0.05) is 26.3 Å². The molecule has 0 radical (unpaired) electrons. The van der Waals surface area contributed by atoms with Crippen molar-refractivity contribution in [3.63, 3.8) is 0 Å². The molecule has 5 nitrogen and oxygen atoms in total. The number of thiophene rings is 1. The van der Waals surface area contributed by atoms with Crippen LogP contribution in [0.3, 0.4) is 0 Å². The molecule has 2 heterocycles. The van der Waals surface area contributed by atoms with Crippen molar-refractivity contribution < 1.29 is 9.90 Å². The van der Waals surface area contributed by atoms with Crippen LogP contribution in [0.2, 0.25) is 0 Å². The maximum Gasteiger partial charge on any atom is 0.326 e. The Balaban J connectivity index is 2.21. The van der Waals surface area contributed by atoms with Gasteiger partial charge in [-0.15, -0.1) is 11.3 Å². The van der Waals surface area contributed by atoms with E-state index < -0.39 is 12.0 Å². The Morgan fingerprint density at radius 2 is 2.30 bits per heavy atom. The maximum atomic E-state index is 11.3. The smallest absolute Gasteiger partial charge is 0.326 e. The lowest BCUT2D eigenvalue weighted by atomic mass is 9.99. The molecule has 0 aliphatic rings. The summed E-state index contributed by atoms with van der Waals surface area (Å²) in [5.74, 6) is -0.369. The van der Waals surface area contributed by atoms with Crippen LogP contribution in [0.5, 0.6) is 0 Å². The van der Waals surface area contributed by atoms with E-state index in [1.807, 2.05) is 31.4 Å². The summed E-state index contributed by atoms with van der Waals surface area (Å²) in [6, 6.07) is 3.25. The molecule has 2 atom stereocenters. The Labute approximate surface area is 121 Å². The molecule has 2 rings (SSSR count). The second-order valence-corrected chi connectivity index (χ2v) is 5.56. The van der Waals surface area contributed by atoms with Gasteiger partial charge < -0.3 is 10.4 Å². The predicted octanol–water partition coefficient (Wildman–Crippen LogP) is 3.12. The van der Waals surface area contributed by atoms with E-state index in [9.17, 15) is 9.90 Å². The van der Waals surface area contributed by atoms with Crippen LogP contribution in [0.4, 0.5) is 5.82 Å². The van der Waals surface area contributed by atoms with Crippen molar-refractivity contribution >= 4 is 23.1 Å².